The molecule has 7 heteroatoms. The molecule has 3 rings (SSSR count). The highest BCUT2D eigenvalue weighted by Gasteiger charge is 2.06. The highest BCUT2D eigenvalue weighted by Crippen LogP contribution is 2.23. The van der Waals surface area contributed by atoms with Gasteiger partial charge in [-0.05, 0) is 36.8 Å². The third-order valence-corrected chi connectivity index (χ3v) is 4.15. The maximum atomic E-state index is 11.9. The molecular weight excluding hydrogens is 366 g/mol. The van der Waals surface area contributed by atoms with Crippen LogP contribution in [0.5, 0.6) is 11.5 Å². The van der Waals surface area contributed by atoms with Crippen molar-refractivity contribution >= 4 is 34.6 Å². The molecule has 6 nitrogen and oxygen atoms in total. The standard InChI is InChI=1S/C20H18ClN3O3/c1-13-5-3-4-6-18(13)27-12-19(25)24-22-11-15-9-14-7-8-16(26-2)10-17(14)23-20(15)21/h3-11H,12H2,1-2H3,(H,24,25)/b22-11-. The molecule has 27 heavy (non-hydrogen) atoms. The second kappa shape index (κ2) is 8.51. The van der Waals surface area contributed by atoms with Crippen molar-refractivity contribution in [2.45, 2.75) is 6.92 Å². The Morgan fingerprint density at radius 3 is 2.85 bits per heavy atom. The molecule has 2 aromatic carbocycles. The average molecular weight is 384 g/mol. The summed E-state index contributed by atoms with van der Waals surface area (Å²) in [6, 6.07) is 14.8. The Morgan fingerprint density at radius 1 is 1.26 bits per heavy atom. The van der Waals surface area contributed by atoms with E-state index in [4.69, 9.17) is 21.1 Å². The highest BCUT2D eigenvalue weighted by atomic mass is 35.5. The first-order valence-corrected chi connectivity index (χ1v) is 8.59. The largest absolute Gasteiger partial charge is 0.497 e. The number of nitrogens with zero attached hydrogens (tertiary/aromatic N) is 2. The van der Waals surface area contributed by atoms with Crippen molar-refractivity contribution in [2.75, 3.05) is 13.7 Å². The van der Waals surface area contributed by atoms with E-state index in [1.165, 1.54) is 6.21 Å². The summed E-state index contributed by atoms with van der Waals surface area (Å²) in [7, 11) is 1.59. The summed E-state index contributed by atoms with van der Waals surface area (Å²) in [5.74, 6) is 0.992. The third-order valence-electron chi connectivity index (χ3n) is 3.85. The fraction of sp³-hybridized carbons (Fsp3) is 0.150. The van der Waals surface area contributed by atoms with Crippen LogP contribution in [0.2, 0.25) is 5.15 Å². The van der Waals surface area contributed by atoms with Crippen molar-refractivity contribution < 1.29 is 14.3 Å². The molecular formula is C20H18ClN3O3. The number of aromatic nitrogens is 1. The predicted octanol–water partition coefficient (Wildman–Crippen LogP) is 3.73. The third kappa shape index (κ3) is 4.74. The number of methoxy groups -OCH3 is 1. The first kappa shape index (κ1) is 18.7. The number of aryl methyl sites for hydroxylation is 1. The lowest BCUT2D eigenvalue weighted by molar-refractivity contribution is -0.123. The Bertz CT molecular complexity index is 1000. The molecule has 0 aliphatic rings. The number of hydrogen-bond donors (Lipinski definition) is 1. The average Bonchev–Trinajstić information content (AvgIpc) is 2.67. The van der Waals surface area contributed by atoms with Crippen LogP contribution in [0.4, 0.5) is 0 Å². The summed E-state index contributed by atoms with van der Waals surface area (Å²) in [5, 5.41) is 5.09. The number of amides is 1. The number of pyridine rings is 1. The highest BCUT2D eigenvalue weighted by molar-refractivity contribution is 6.32. The topological polar surface area (TPSA) is 72.8 Å². The van der Waals surface area contributed by atoms with E-state index in [0.717, 1.165) is 10.9 Å². The van der Waals surface area contributed by atoms with Crippen molar-refractivity contribution in [3.8, 4) is 11.5 Å². The number of carbonyl (C=O) groups excluding carboxylic acids is 1. The number of fused-ring (bicyclic) bond motifs is 1. The summed E-state index contributed by atoms with van der Waals surface area (Å²) < 4.78 is 10.6. The zero-order valence-electron chi connectivity index (χ0n) is 14.9. The summed E-state index contributed by atoms with van der Waals surface area (Å²) >= 11 is 6.19. The van der Waals surface area contributed by atoms with E-state index in [-0.39, 0.29) is 17.7 Å². The second-order valence-corrected chi connectivity index (χ2v) is 6.13. The Morgan fingerprint density at radius 2 is 2.07 bits per heavy atom. The van der Waals surface area contributed by atoms with Crippen molar-refractivity contribution in [3.63, 3.8) is 0 Å². The molecule has 0 atom stereocenters. The van der Waals surface area contributed by atoms with Crippen molar-refractivity contribution in [1.82, 2.24) is 10.4 Å². The molecule has 0 aliphatic carbocycles. The molecule has 0 bridgehead atoms. The lowest BCUT2D eigenvalue weighted by Gasteiger charge is -2.07. The van der Waals surface area contributed by atoms with Gasteiger partial charge in [0.1, 0.15) is 16.7 Å². The number of carbonyl (C=O) groups is 1. The minimum absolute atomic E-state index is 0.133. The van der Waals surface area contributed by atoms with Crippen LogP contribution < -0.4 is 14.9 Å². The van der Waals surface area contributed by atoms with Crippen LogP contribution in [-0.4, -0.2) is 30.8 Å². The summed E-state index contributed by atoms with van der Waals surface area (Å²) in [6.07, 6.45) is 1.45. The smallest absolute Gasteiger partial charge is 0.277 e. The molecule has 1 aromatic heterocycles. The van der Waals surface area contributed by atoms with E-state index in [1.54, 1.807) is 19.2 Å². The van der Waals surface area contributed by atoms with Crippen LogP contribution in [0, 0.1) is 6.92 Å². The van der Waals surface area contributed by atoms with Gasteiger partial charge < -0.3 is 9.47 Å². The summed E-state index contributed by atoms with van der Waals surface area (Å²) in [5.41, 5.74) is 4.68. The normalized spacial score (nSPS) is 10.9. The monoisotopic (exact) mass is 383 g/mol. The lowest BCUT2D eigenvalue weighted by Crippen LogP contribution is -2.24. The number of hydrazone groups is 1. The number of ether oxygens (including phenoxy) is 2. The number of rotatable bonds is 6. The molecule has 0 aliphatic heterocycles. The van der Waals surface area contributed by atoms with Crippen molar-refractivity contribution in [3.05, 3.63) is 64.8 Å². The fourth-order valence-corrected chi connectivity index (χ4v) is 2.62. The molecule has 1 heterocycles. The molecule has 0 fully saturated rings. The number of hydrogen-bond acceptors (Lipinski definition) is 5. The van der Waals surface area contributed by atoms with Crippen LogP contribution in [0.1, 0.15) is 11.1 Å². The molecule has 3 aromatic rings. The lowest BCUT2D eigenvalue weighted by atomic mass is 10.1. The van der Waals surface area contributed by atoms with Crippen molar-refractivity contribution in [1.29, 1.82) is 0 Å². The quantitative estimate of drug-likeness (QED) is 0.400. The predicted molar refractivity (Wildman–Crippen MR) is 106 cm³/mol. The van der Waals surface area contributed by atoms with Gasteiger partial charge in [-0.15, -0.1) is 0 Å². The maximum Gasteiger partial charge on any atom is 0.277 e. The number of halogens is 1. The molecule has 0 spiro atoms. The molecule has 0 radical (unpaired) electrons. The second-order valence-electron chi connectivity index (χ2n) is 5.77. The number of nitrogens with one attached hydrogen (secondary N) is 1. The van der Waals surface area contributed by atoms with Gasteiger partial charge in [-0.3, -0.25) is 4.79 Å². The van der Waals surface area contributed by atoms with Gasteiger partial charge in [-0.25, -0.2) is 10.4 Å². The van der Waals surface area contributed by atoms with E-state index in [1.807, 2.05) is 43.3 Å². The molecule has 0 saturated carbocycles. The zero-order valence-corrected chi connectivity index (χ0v) is 15.7. The summed E-state index contributed by atoms with van der Waals surface area (Å²) in [4.78, 5) is 16.2. The van der Waals surface area contributed by atoms with Gasteiger partial charge in [-0.2, -0.15) is 5.10 Å². The molecule has 0 unspecified atom stereocenters. The van der Waals surface area contributed by atoms with Gasteiger partial charge in [0.15, 0.2) is 6.61 Å². The van der Waals surface area contributed by atoms with Gasteiger partial charge in [0.05, 0.1) is 18.8 Å². The molecule has 0 saturated heterocycles. The van der Waals surface area contributed by atoms with E-state index in [9.17, 15) is 4.79 Å². The van der Waals surface area contributed by atoms with Crippen LogP contribution in [0.25, 0.3) is 10.9 Å². The Labute approximate surface area is 161 Å². The molecule has 1 N–H and O–H groups in total. The van der Waals surface area contributed by atoms with Gasteiger partial charge >= 0.3 is 0 Å². The van der Waals surface area contributed by atoms with Crippen LogP contribution in [0.15, 0.2) is 53.6 Å². The van der Waals surface area contributed by atoms with E-state index in [0.29, 0.717) is 22.6 Å². The molecule has 1 amide bonds. The van der Waals surface area contributed by atoms with Gasteiger partial charge in [-0.1, -0.05) is 29.8 Å². The van der Waals surface area contributed by atoms with E-state index < -0.39 is 0 Å². The minimum atomic E-state index is -0.371. The van der Waals surface area contributed by atoms with Crippen LogP contribution in [0.3, 0.4) is 0 Å². The minimum Gasteiger partial charge on any atom is -0.497 e. The SMILES string of the molecule is COc1ccc2cc(/C=N\NC(=O)COc3ccccc3C)c(Cl)nc2c1. The zero-order chi connectivity index (χ0) is 19.2. The van der Waals surface area contributed by atoms with E-state index in [2.05, 4.69) is 15.5 Å². The Kier molecular flexibility index (Phi) is 5.88. The fourth-order valence-electron chi connectivity index (χ4n) is 2.43. The first-order valence-electron chi connectivity index (χ1n) is 8.21. The van der Waals surface area contributed by atoms with E-state index >= 15 is 0 Å². The van der Waals surface area contributed by atoms with Crippen LogP contribution >= 0.6 is 11.6 Å². The first-order chi connectivity index (χ1) is 13.1. The van der Waals surface area contributed by atoms with Crippen molar-refractivity contribution in [2.24, 2.45) is 5.10 Å². The molecule has 138 valence electrons. The maximum absolute atomic E-state index is 11.9. The van der Waals surface area contributed by atoms with Gasteiger partial charge in [0.25, 0.3) is 5.91 Å². The summed E-state index contributed by atoms with van der Waals surface area (Å²) in [6.45, 7) is 1.78. The number of benzene rings is 2. The van der Waals surface area contributed by atoms with Crippen LogP contribution in [-0.2, 0) is 4.79 Å². The Hall–Kier alpha value is -3.12. The van der Waals surface area contributed by atoms with Gasteiger partial charge in [0.2, 0.25) is 0 Å². The Balaban J connectivity index is 1.62. The van der Waals surface area contributed by atoms with Gasteiger partial charge in [0, 0.05) is 17.0 Å². The number of para-hydroxylation sites is 1.